The van der Waals surface area contributed by atoms with E-state index < -0.39 is 0 Å². The van der Waals surface area contributed by atoms with Gasteiger partial charge < -0.3 is 5.32 Å². The van der Waals surface area contributed by atoms with E-state index in [-0.39, 0.29) is 5.82 Å². The van der Waals surface area contributed by atoms with Crippen LogP contribution >= 0.6 is 11.6 Å². The van der Waals surface area contributed by atoms with Gasteiger partial charge in [0.15, 0.2) is 0 Å². The van der Waals surface area contributed by atoms with Crippen molar-refractivity contribution in [2.45, 2.75) is 6.42 Å². The zero-order valence-corrected chi connectivity index (χ0v) is 8.81. The third kappa shape index (κ3) is 3.48. The third-order valence-electron chi connectivity index (χ3n) is 1.82. The number of nitrogens with one attached hydrogen (secondary N) is 1. The maximum atomic E-state index is 12.7. The molecular weight excluding hydrogens is 201 g/mol. The predicted octanol–water partition coefficient (Wildman–Crippen LogP) is 3.10. The molecule has 0 radical (unpaired) electrons. The highest BCUT2D eigenvalue weighted by molar-refractivity contribution is 6.32. The van der Waals surface area contributed by atoms with Crippen molar-refractivity contribution in [2.75, 3.05) is 13.6 Å². The van der Waals surface area contributed by atoms with Crippen molar-refractivity contribution in [2.24, 2.45) is 0 Å². The van der Waals surface area contributed by atoms with E-state index in [2.05, 4.69) is 5.32 Å². The Hall–Kier alpha value is -0.860. The van der Waals surface area contributed by atoms with Gasteiger partial charge in [0.1, 0.15) is 5.82 Å². The number of hydrogen-bond acceptors (Lipinski definition) is 1. The van der Waals surface area contributed by atoms with Gasteiger partial charge in [0, 0.05) is 0 Å². The second kappa shape index (κ2) is 5.78. The zero-order chi connectivity index (χ0) is 10.4. The van der Waals surface area contributed by atoms with Gasteiger partial charge in [-0.25, -0.2) is 4.39 Å². The Labute approximate surface area is 88.6 Å². The number of halogens is 2. The van der Waals surface area contributed by atoms with Gasteiger partial charge in [-0.05, 0) is 37.7 Å². The minimum atomic E-state index is -0.303. The number of rotatable bonds is 4. The van der Waals surface area contributed by atoms with Crippen LogP contribution in [0.2, 0.25) is 5.02 Å². The summed E-state index contributed by atoms with van der Waals surface area (Å²) in [4.78, 5) is 0. The number of hydrogen-bond donors (Lipinski definition) is 1. The molecule has 0 atom stereocenters. The molecule has 0 saturated carbocycles. The molecule has 0 aliphatic heterocycles. The van der Waals surface area contributed by atoms with Crippen LogP contribution < -0.4 is 5.32 Å². The van der Waals surface area contributed by atoms with Crippen LogP contribution in [-0.4, -0.2) is 13.6 Å². The molecular formula is C11H13ClFN. The Morgan fingerprint density at radius 2 is 2.29 bits per heavy atom. The monoisotopic (exact) mass is 213 g/mol. The molecule has 0 aromatic heterocycles. The van der Waals surface area contributed by atoms with Crippen LogP contribution in [0.15, 0.2) is 24.3 Å². The first-order chi connectivity index (χ1) is 6.74. The minimum absolute atomic E-state index is 0.303. The molecule has 1 aromatic carbocycles. The molecule has 76 valence electrons. The van der Waals surface area contributed by atoms with E-state index in [4.69, 9.17) is 11.6 Å². The summed E-state index contributed by atoms with van der Waals surface area (Å²) in [6.07, 6.45) is 4.85. The first-order valence-corrected chi connectivity index (χ1v) is 4.88. The molecule has 0 aliphatic rings. The molecule has 1 nitrogen and oxygen atoms in total. The molecule has 0 amide bonds. The Kier molecular flexibility index (Phi) is 4.63. The van der Waals surface area contributed by atoms with E-state index in [0.717, 1.165) is 18.5 Å². The third-order valence-corrected chi connectivity index (χ3v) is 2.15. The van der Waals surface area contributed by atoms with Crippen LogP contribution in [0.25, 0.3) is 6.08 Å². The van der Waals surface area contributed by atoms with Crippen LogP contribution in [-0.2, 0) is 0 Å². The summed E-state index contributed by atoms with van der Waals surface area (Å²) in [5, 5.41) is 3.48. The number of benzene rings is 1. The fraction of sp³-hybridized carbons (Fsp3) is 0.273. The molecule has 1 aromatic rings. The summed E-state index contributed by atoms with van der Waals surface area (Å²) in [7, 11) is 1.90. The molecule has 0 aliphatic carbocycles. The van der Waals surface area contributed by atoms with E-state index >= 15 is 0 Å². The van der Waals surface area contributed by atoms with E-state index in [1.807, 2.05) is 19.2 Å². The van der Waals surface area contributed by atoms with Gasteiger partial charge in [0.2, 0.25) is 0 Å². The van der Waals surface area contributed by atoms with Gasteiger partial charge in [-0.2, -0.15) is 0 Å². The first-order valence-electron chi connectivity index (χ1n) is 4.50. The molecule has 1 rings (SSSR count). The van der Waals surface area contributed by atoms with Crippen molar-refractivity contribution in [3.8, 4) is 0 Å². The molecule has 0 spiro atoms. The summed E-state index contributed by atoms with van der Waals surface area (Å²) >= 11 is 5.84. The molecule has 0 fully saturated rings. The lowest BCUT2D eigenvalue weighted by molar-refractivity contribution is 0.628. The Bertz CT molecular complexity index is 323. The largest absolute Gasteiger partial charge is 0.319 e. The summed E-state index contributed by atoms with van der Waals surface area (Å²) in [5.74, 6) is -0.303. The smallest absolute Gasteiger partial charge is 0.124 e. The van der Waals surface area contributed by atoms with Gasteiger partial charge >= 0.3 is 0 Å². The van der Waals surface area contributed by atoms with Crippen molar-refractivity contribution in [3.05, 3.63) is 40.7 Å². The highest BCUT2D eigenvalue weighted by atomic mass is 35.5. The van der Waals surface area contributed by atoms with Gasteiger partial charge in [-0.3, -0.25) is 0 Å². The maximum Gasteiger partial charge on any atom is 0.124 e. The SMILES string of the molecule is CNCCC=Cc1ccc(F)cc1Cl. The molecule has 3 heteroatoms. The van der Waals surface area contributed by atoms with E-state index in [9.17, 15) is 4.39 Å². The van der Waals surface area contributed by atoms with Crippen molar-refractivity contribution in [1.29, 1.82) is 0 Å². The summed E-state index contributed by atoms with van der Waals surface area (Å²) in [5.41, 5.74) is 0.851. The lowest BCUT2D eigenvalue weighted by atomic mass is 10.2. The molecule has 0 saturated heterocycles. The minimum Gasteiger partial charge on any atom is -0.319 e. The molecule has 0 bridgehead atoms. The van der Waals surface area contributed by atoms with E-state index in [1.54, 1.807) is 6.07 Å². The van der Waals surface area contributed by atoms with Gasteiger partial charge in [-0.1, -0.05) is 29.8 Å². The van der Waals surface area contributed by atoms with Crippen molar-refractivity contribution in [3.63, 3.8) is 0 Å². The highest BCUT2D eigenvalue weighted by Gasteiger charge is 1.97. The second-order valence-corrected chi connectivity index (χ2v) is 3.37. The van der Waals surface area contributed by atoms with Gasteiger partial charge in [0.05, 0.1) is 5.02 Å². The topological polar surface area (TPSA) is 12.0 Å². The lowest BCUT2D eigenvalue weighted by Crippen LogP contribution is -2.05. The predicted molar refractivity (Wildman–Crippen MR) is 59.0 cm³/mol. The Morgan fingerprint density at radius 1 is 1.50 bits per heavy atom. The second-order valence-electron chi connectivity index (χ2n) is 2.96. The van der Waals surface area contributed by atoms with Crippen LogP contribution in [0, 0.1) is 5.82 Å². The van der Waals surface area contributed by atoms with Crippen LogP contribution in [0.1, 0.15) is 12.0 Å². The van der Waals surface area contributed by atoms with Crippen molar-refractivity contribution < 1.29 is 4.39 Å². The van der Waals surface area contributed by atoms with Crippen LogP contribution in [0.3, 0.4) is 0 Å². The summed E-state index contributed by atoms with van der Waals surface area (Å²) in [6, 6.07) is 4.40. The van der Waals surface area contributed by atoms with E-state index in [1.165, 1.54) is 12.1 Å². The summed E-state index contributed by atoms with van der Waals surface area (Å²) in [6.45, 7) is 0.926. The molecule has 0 unspecified atom stereocenters. The molecule has 1 N–H and O–H groups in total. The lowest BCUT2D eigenvalue weighted by Gasteiger charge is -1.97. The molecule has 0 heterocycles. The fourth-order valence-corrected chi connectivity index (χ4v) is 1.30. The van der Waals surface area contributed by atoms with Crippen LogP contribution in [0.4, 0.5) is 4.39 Å². The average Bonchev–Trinajstić information content (AvgIpc) is 2.15. The maximum absolute atomic E-state index is 12.7. The van der Waals surface area contributed by atoms with Crippen molar-refractivity contribution >= 4 is 17.7 Å². The normalized spacial score (nSPS) is 11.1. The quantitative estimate of drug-likeness (QED) is 0.758. The summed E-state index contributed by atoms with van der Waals surface area (Å²) < 4.78 is 12.7. The zero-order valence-electron chi connectivity index (χ0n) is 8.06. The average molecular weight is 214 g/mol. The fourth-order valence-electron chi connectivity index (χ4n) is 1.07. The highest BCUT2D eigenvalue weighted by Crippen LogP contribution is 2.18. The molecule has 14 heavy (non-hydrogen) atoms. The van der Waals surface area contributed by atoms with Crippen LogP contribution in [0.5, 0.6) is 0 Å². The van der Waals surface area contributed by atoms with Gasteiger partial charge in [0.25, 0.3) is 0 Å². The van der Waals surface area contributed by atoms with E-state index in [0.29, 0.717) is 5.02 Å². The van der Waals surface area contributed by atoms with Crippen molar-refractivity contribution in [1.82, 2.24) is 5.32 Å². The van der Waals surface area contributed by atoms with Gasteiger partial charge in [-0.15, -0.1) is 0 Å². The Morgan fingerprint density at radius 3 is 2.93 bits per heavy atom. The Balaban J connectivity index is 2.62. The first kappa shape index (κ1) is 11.2. The standard InChI is InChI=1S/C11H13ClFN/c1-14-7-3-2-4-9-5-6-10(13)8-11(9)12/h2,4-6,8,14H,3,7H2,1H3.